The van der Waals surface area contributed by atoms with Crippen LogP contribution >= 0.6 is 0 Å². The highest BCUT2D eigenvalue weighted by atomic mass is 32.2. The van der Waals surface area contributed by atoms with Gasteiger partial charge in [0.25, 0.3) is 0 Å². The molecule has 0 amide bonds. The average Bonchev–Trinajstić information content (AvgIpc) is 3.26. The van der Waals surface area contributed by atoms with E-state index in [4.69, 9.17) is 4.74 Å². The highest BCUT2D eigenvalue weighted by Crippen LogP contribution is 2.46. The second kappa shape index (κ2) is 7.92. The molecule has 1 saturated carbocycles. The van der Waals surface area contributed by atoms with Gasteiger partial charge in [-0.15, -0.1) is 0 Å². The van der Waals surface area contributed by atoms with E-state index >= 15 is 0 Å². The molecule has 0 N–H and O–H groups in total. The van der Waals surface area contributed by atoms with Gasteiger partial charge in [-0.2, -0.15) is 0 Å². The fraction of sp³-hybridized carbons (Fsp3) is 0.308. The van der Waals surface area contributed by atoms with Crippen molar-refractivity contribution in [1.29, 1.82) is 0 Å². The van der Waals surface area contributed by atoms with Gasteiger partial charge >= 0.3 is 0 Å². The largest absolute Gasteiger partial charge is 0.484 e. The first kappa shape index (κ1) is 21.5. The van der Waals surface area contributed by atoms with Crippen LogP contribution in [0.3, 0.4) is 0 Å². The number of sulfone groups is 1. The number of hydrogen-bond acceptors (Lipinski definition) is 3. The van der Waals surface area contributed by atoms with Crippen LogP contribution in [0.2, 0.25) is 0 Å². The van der Waals surface area contributed by atoms with Crippen molar-refractivity contribution in [3.63, 3.8) is 0 Å². The third-order valence-corrected chi connectivity index (χ3v) is 11.1. The molecular weight excluding hydrogens is 443 g/mol. The topological polar surface area (TPSA) is 43.4 Å². The van der Waals surface area contributed by atoms with Crippen molar-refractivity contribution in [2.24, 2.45) is 5.92 Å². The Labute approximate surface area is 191 Å². The maximum absolute atomic E-state index is 14.9. The molecule has 6 heteroatoms. The van der Waals surface area contributed by atoms with Crippen LogP contribution in [-0.2, 0) is 20.7 Å². The highest BCUT2D eigenvalue weighted by molar-refractivity contribution is 8.00. The maximum atomic E-state index is 14.9. The van der Waals surface area contributed by atoms with Gasteiger partial charge in [-0.3, -0.25) is 0 Å². The quantitative estimate of drug-likeness (QED) is 0.324. The Morgan fingerprint density at radius 1 is 0.906 bits per heavy atom. The van der Waals surface area contributed by atoms with Crippen LogP contribution in [0.15, 0.2) is 91.2 Å². The van der Waals surface area contributed by atoms with Crippen LogP contribution in [0.25, 0.3) is 0 Å². The number of benzene rings is 3. The van der Waals surface area contributed by atoms with Gasteiger partial charge in [-0.05, 0) is 68.0 Å². The minimum Gasteiger partial charge on any atom is -0.484 e. The first-order chi connectivity index (χ1) is 15.3. The summed E-state index contributed by atoms with van der Waals surface area (Å²) in [6.07, 6.45) is 4.01. The number of fused-ring (bicyclic) bond motifs is 2. The molecule has 5 rings (SSSR count). The second-order valence-corrected chi connectivity index (χ2v) is 12.7. The minimum absolute atomic E-state index is 0.258. The van der Waals surface area contributed by atoms with E-state index in [1.165, 1.54) is 6.07 Å². The number of ether oxygens (including phenoxy) is 1. The van der Waals surface area contributed by atoms with E-state index in [-0.39, 0.29) is 23.1 Å². The molecule has 0 unspecified atom stereocenters. The first-order valence-electron chi connectivity index (χ1n) is 11.0. The van der Waals surface area contributed by atoms with Crippen molar-refractivity contribution in [3.05, 3.63) is 72.5 Å². The molecule has 32 heavy (non-hydrogen) atoms. The van der Waals surface area contributed by atoms with E-state index in [0.717, 1.165) is 40.4 Å². The molecule has 0 aromatic heterocycles. The predicted molar refractivity (Wildman–Crippen MR) is 124 cm³/mol. The molecule has 1 fully saturated rings. The second-order valence-electron chi connectivity index (χ2n) is 8.82. The summed E-state index contributed by atoms with van der Waals surface area (Å²) in [5.74, 6) is 0.154. The van der Waals surface area contributed by atoms with Crippen molar-refractivity contribution < 1.29 is 17.5 Å². The van der Waals surface area contributed by atoms with Crippen LogP contribution < -0.4 is 4.74 Å². The SMILES string of the molecule is CC(C)C1(Oc2cc([S+]3c4ccccc4S(=O)(=O)c4ccccc43)ccc2F)CCCC1. The Kier molecular flexibility index (Phi) is 5.33. The molecule has 3 aromatic carbocycles. The summed E-state index contributed by atoms with van der Waals surface area (Å²) in [5, 5.41) is 0. The van der Waals surface area contributed by atoms with Crippen molar-refractivity contribution >= 4 is 20.7 Å². The molecule has 0 radical (unpaired) electrons. The van der Waals surface area contributed by atoms with Gasteiger partial charge in [0.1, 0.15) is 26.3 Å². The molecular formula is C26H26FO3S2+. The number of halogens is 1. The fourth-order valence-corrected chi connectivity index (χ4v) is 9.57. The Morgan fingerprint density at radius 3 is 2.03 bits per heavy atom. The van der Waals surface area contributed by atoms with Crippen molar-refractivity contribution in [3.8, 4) is 5.75 Å². The lowest BCUT2D eigenvalue weighted by Crippen LogP contribution is -2.38. The van der Waals surface area contributed by atoms with E-state index < -0.39 is 20.7 Å². The third kappa shape index (κ3) is 3.35. The molecule has 1 heterocycles. The predicted octanol–water partition coefficient (Wildman–Crippen LogP) is 6.41. The van der Waals surface area contributed by atoms with Crippen molar-refractivity contribution in [2.45, 2.75) is 69.6 Å². The zero-order valence-corrected chi connectivity index (χ0v) is 19.8. The Morgan fingerprint density at radius 2 is 1.47 bits per heavy atom. The molecule has 3 nitrogen and oxygen atoms in total. The first-order valence-corrected chi connectivity index (χ1v) is 13.7. The molecule has 2 aliphatic rings. The van der Waals surface area contributed by atoms with E-state index in [2.05, 4.69) is 13.8 Å². The molecule has 0 spiro atoms. The van der Waals surface area contributed by atoms with E-state index in [1.807, 2.05) is 24.3 Å². The molecule has 0 atom stereocenters. The zero-order valence-electron chi connectivity index (χ0n) is 18.2. The maximum Gasteiger partial charge on any atom is 0.216 e. The zero-order chi connectivity index (χ0) is 22.5. The van der Waals surface area contributed by atoms with Gasteiger partial charge in [-0.1, -0.05) is 38.1 Å². The normalized spacial score (nSPS) is 18.9. The lowest BCUT2D eigenvalue weighted by atomic mass is 9.88. The van der Waals surface area contributed by atoms with Crippen LogP contribution in [-0.4, -0.2) is 14.0 Å². The lowest BCUT2D eigenvalue weighted by Gasteiger charge is -2.34. The Balaban J connectivity index is 1.66. The summed E-state index contributed by atoms with van der Waals surface area (Å²) in [5.41, 5.74) is -0.353. The van der Waals surface area contributed by atoms with Gasteiger partial charge in [-0.25, -0.2) is 12.8 Å². The van der Waals surface area contributed by atoms with E-state index in [0.29, 0.717) is 9.79 Å². The number of hydrogen-bond donors (Lipinski definition) is 0. The number of rotatable bonds is 4. The summed E-state index contributed by atoms with van der Waals surface area (Å²) in [6.45, 7) is 4.26. The van der Waals surface area contributed by atoms with Gasteiger partial charge in [0.2, 0.25) is 9.84 Å². The van der Waals surface area contributed by atoms with E-state index in [9.17, 15) is 12.8 Å². The smallest absolute Gasteiger partial charge is 0.216 e. The minimum atomic E-state index is -3.60. The van der Waals surface area contributed by atoms with Crippen molar-refractivity contribution in [2.75, 3.05) is 0 Å². The van der Waals surface area contributed by atoms with Crippen LogP contribution in [0.5, 0.6) is 5.75 Å². The summed E-state index contributed by atoms with van der Waals surface area (Å²) < 4.78 is 47.9. The Bertz CT molecular complexity index is 1220. The molecule has 0 bridgehead atoms. The standard InChI is InChI=1S/C26H26FO3S2/c1-18(2)26(15-7-8-16-26)30-21-17-19(13-14-20(21)27)31-22-9-3-5-11-24(22)32(28,29)25-12-6-4-10-23(25)31/h3-6,9-14,17-18H,7-8,15-16H2,1-2H3/q+1. The van der Waals surface area contributed by atoms with Crippen LogP contribution in [0, 0.1) is 11.7 Å². The fourth-order valence-electron chi connectivity index (χ4n) is 4.85. The molecule has 166 valence electrons. The average molecular weight is 470 g/mol. The summed E-state index contributed by atoms with van der Waals surface area (Å²) in [7, 11) is -4.27. The summed E-state index contributed by atoms with van der Waals surface area (Å²) in [4.78, 5) is 2.98. The lowest BCUT2D eigenvalue weighted by molar-refractivity contribution is 0.0249. The van der Waals surface area contributed by atoms with Crippen molar-refractivity contribution in [1.82, 2.24) is 0 Å². The van der Waals surface area contributed by atoms with Gasteiger partial charge in [0.05, 0.1) is 0 Å². The molecule has 0 saturated heterocycles. The molecule has 1 aliphatic carbocycles. The monoisotopic (exact) mass is 469 g/mol. The summed E-state index contributed by atoms with van der Waals surface area (Å²) in [6, 6.07) is 19.3. The molecule has 3 aromatic rings. The van der Waals surface area contributed by atoms with Crippen LogP contribution in [0.1, 0.15) is 39.5 Å². The van der Waals surface area contributed by atoms with E-state index in [1.54, 1.807) is 36.4 Å². The Hall–Kier alpha value is -2.31. The highest BCUT2D eigenvalue weighted by Gasteiger charge is 2.46. The van der Waals surface area contributed by atoms with Gasteiger partial charge in [0, 0.05) is 6.07 Å². The van der Waals surface area contributed by atoms with Crippen LogP contribution in [0.4, 0.5) is 4.39 Å². The van der Waals surface area contributed by atoms with Gasteiger partial charge in [0.15, 0.2) is 26.3 Å². The third-order valence-electron chi connectivity index (χ3n) is 6.67. The summed E-state index contributed by atoms with van der Waals surface area (Å²) >= 11 is 0. The van der Waals surface area contributed by atoms with Gasteiger partial charge < -0.3 is 4.74 Å². The molecule has 1 aliphatic heterocycles.